The van der Waals surface area contributed by atoms with Crippen LogP contribution in [-0.2, 0) is 5.41 Å². The second-order valence-electron chi connectivity index (χ2n) is 8.58. The van der Waals surface area contributed by atoms with Crippen LogP contribution in [0.3, 0.4) is 0 Å². The molecule has 144 valence electrons. The van der Waals surface area contributed by atoms with Crippen molar-refractivity contribution in [1.82, 2.24) is 4.98 Å². The summed E-state index contributed by atoms with van der Waals surface area (Å²) < 4.78 is 1.16. The van der Waals surface area contributed by atoms with Crippen LogP contribution in [0.1, 0.15) is 25.0 Å². The largest absolute Gasteiger partial charge is 0.265 e. The molecule has 2 heteroatoms. The molecule has 1 aromatic heterocycles. The highest BCUT2D eigenvalue weighted by Gasteiger charge is 2.35. The van der Waals surface area contributed by atoms with Gasteiger partial charge < -0.3 is 0 Å². The van der Waals surface area contributed by atoms with Crippen LogP contribution in [0.25, 0.3) is 43.8 Å². The van der Waals surface area contributed by atoms with Crippen LogP contribution in [0.4, 0.5) is 0 Å². The fourth-order valence-electron chi connectivity index (χ4n) is 5.15. The first-order valence-electron chi connectivity index (χ1n) is 10.3. The molecular formula is C28H20BrN. The molecule has 0 saturated heterocycles. The van der Waals surface area contributed by atoms with Crippen molar-refractivity contribution in [3.63, 3.8) is 0 Å². The van der Waals surface area contributed by atoms with E-state index in [0.29, 0.717) is 0 Å². The zero-order valence-electron chi connectivity index (χ0n) is 16.9. The average molecular weight is 450 g/mol. The fraction of sp³-hybridized carbons (Fsp3) is 0.107. The lowest BCUT2D eigenvalue weighted by molar-refractivity contribution is 0.661. The van der Waals surface area contributed by atoms with Gasteiger partial charge in [-0.2, -0.15) is 0 Å². The highest BCUT2D eigenvalue weighted by molar-refractivity contribution is 9.10. The van der Waals surface area contributed by atoms with E-state index in [0.717, 1.165) is 4.47 Å². The maximum Gasteiger partial charge on any atom is 0.0332 e. The molecular weight excluding hydrogens is 430 g/mol. The first-order valence-corrected chi connectivity index (χ1v) is 11.1. The molecule has 4 aromatic carbocycles. The summed E-state index contributed by atoms with van der Waals surface area (Å²) in [6, 6.07) is 26.5. The molecule has 0 amide bonds. The summed E-state index contributed by atoms with van der Waals surface area (Å²) in [5.74, 6) is 0. The lowest BCUT2D eigenvalue weighted by atomic mass is 9.81. The molecule has 30 heavy (non-hydrogen) atoms. The molecule has 0 aliphatic heterocycles. The number of nitrogens with zero attached hydrogens (tertiary/aromatic N) is 1. The van der Waals surface area contributed by atoms with E-state index in [4.69, 9.17) is 0 Å². The number of hydrogen-bond acceptors (Lipinski definition) is 1. The number of pyridine rings is 1. The topological polar surface area (TPSA) is 12.9 Å². The number of fused-ring (bicyclic) bond motifs is 5. The lowest BCUT2D eigenvalue weighted by Crippen LogP contribution is -2.14. The molecule has 1 aliphatic rings. The molecule has 1 heterocycles. The fourth-order valence-corrected chi connectivity index (χ4v) is 5.82. The molecule has 0 spiro atoms. The Kier molecular flexibility index (Phi) is 3.73. The Labute approximate surface area is 184 Å². The van der Waals surface area contributed by atoms with Crippen molar-refractivity contribution < 1.29 is 0 Å². The molecule has 0 N–H and O–H groups in total. The van der Waals surface area contributed by atoms with E-state index in [9.17, 15) is 0 Å². The Morgan fingerprint density at radius 2 is 1.37 bits per heavy atom. The van der Waals surface area contributed by atoms with E-state index in [2.05, 4.69) is 108 Å². The van der Waals surface area contributed by atoms with Crippen molar-refractivity contribution in [2.75, 3.05) is 0 Å². The molecule has 5 aromatic rings. The van der Waals surface area contributed by atoms with Crippen molar-refractivity contribution >= 4 is 37.5 Å². The van der Waals surface area contributed by atoms with Gasteiger partial charge in [-0.25, -0.2) is 0 Å². The Balaban J connectivity index is 1.83. The van der Waals surface area contributed by atoms with E-state index in [-0.39, 0.29) is 5.41 Å². The van der Waals surface area contributed by atoms with Gasteiger partial charge in [0.25, 0.3) is 0 Å². The monoisotopic (exact) mass is 449 g/mol. The van der Waals surface area contributed by atoms with E-state index in [1.807, 2.05) is 12.4 Å². The summed E-state index contributed by atoms with van der Waals surface area (Å²) in [6.45, 7) is 4.68. The second kappa shape index (κ2) is 6.26. The quantitative estimate of drug-likeness (QED) is 0.235. The van der Waals surface area contributed by atoms with Gasteiger partial charge in [-0.1, -0.05) is 62.4 Å². The highest BCUT2D eigenvalue weighted by atomic mass is 79.9. The predicted molar refractivity (Wildman–Crippen MR) is 130 cm³/mol. The summed E-state index contributed by atoms with van der Waals surface area (Å²) in [6.07, 6.45) is 3.76. The van der Waals surface area contributed by atoms with Crippen molar-refractivity contribution in [2.45, 2.75) is 19.3 Å². The Hall–Kier alpha value is -2.97. The van der Waals surface area contributed by atoms with Crippen LogP contribution in [0, 0.1) is 0 Å². The van der Waals surface area contributed by atoms with Gasteiger partial charge in [-0.3, -0.25) is 4.98 Å². The highest BCUT2D eigenvalue weighted by Crippen LogP contribution is 2.52. The van der Waals surface area contributed by atoms with Gasteiger partial charge in [0.1, 0.15) is 0 Å². The number of benzene rings is 4. The minimum atomic E-state index is -0.0201. The normalized spacial score (nSPS) is 14.1. The van der Waals surface area contributed by atoms with E-state index in [1.54, 1.807) is 0 Å². The summed E-state index contributed by atoms with van der Waals surface area (Å²) >= 11 is 3.95. The van der Waals surface area contributed by atoms with Crippen LogP contribution in [0.2, 0.25) is 0 Å². The van der Waals surface area contributed by atoms with Gasteiger partial charge in [0.15, 0.2) is 0 Å². The Morgan fingerprint density at radius 1 is 0.667 bits per heavy atom. The lowest BCUT2D eigenvalue weighted by Gasteiger charge is -2.23. The molecule has 1 nitrogen and oxygen atoms in total. The maximum atomic E-state index is 4.25. The van der Waals surface area contributed by atoms with E-state index < -0.39 is 0 Å². The van der Waals surface area contributed by atoms with Gasteiger partial charge >= 0.3 is 0 Å². The second-order valence-corrected chi connectivity index (χ2v) is 9.38. The van der Waals surface area contributed by atoms with Gasteiger partial charge in [0, 0.05) is 22.3 Å². The zero-order valence-corrected chi connectivity index (χ0v) is 18.5. The van der Waals surface area contributed by atoms with E-state index >= 15 is 0 Å². The SMILES string of the molecule is CC1(C)c2ccccc2-c2cc3c(Br)c4ccccc4c(-c4ccncc4)c3cc21. The predicted octanol–water partition coefficient (Wildman–Crippen LogP) is 8.12. The van der Waals surface area contributed by atoms with Gasteiger partial charge in [0.05, 0.1) is 0 Å². The third-order valence-electron chi connectivity index (χ3n) is 6.63. The molecule has 6 rings (SSSR count). The smallest absolute Gasteiger partial charge is 0.0332 e. The van der Waals surface area contributed by atoms with Crippen LogP contribution in [-0.4, -0.2) is 4.98 Å². The molecule has 0 atom stereocenters. The van der Waals surface area contributed by atoms with Crippen LogP contribution < -0.4 is 0 Å². The first-order chi connectivity index (χ1) is 14.6. The minimum Gasteiger partial charge on any atom is -0.265 e. The van der Waals surface area contributed by atoms with Crippen molar-refractivity contribution in [3.05, 3.63) is 101 Å². The Morgan fingerprint density at radius 3 is 2.17 bits per heavy atom. The third kappa shape index (κ3) is 2.31. The van der Waals surface area contributed by atoms with Crippen LogP contribution in [0.15, 0.2) is 89.7 Å². The summed E-state index contributed by atoms with van der Waals surface area (Å²) in [5, 5.41) is 5.04. The molecule has 0 unspecified atom stereocenters. The van der Waals surface area contributed by atoms with Crippen molar-refractivity contribution in [3.8, 4) is 22.3 Å². The molecule has 0 radical (unpaired) electrons. The Bertz CT molecular complexity index is 1470. The third-order valence-corrected chi connectivity index (χ3v) is 7.48. The number of halogens is 1. The van der Waals surface area contributed by atoms with Gasteiger partial charge in [-0.05, 0) is 95.1 Å². The standard InChI is InChI=1S/C28H20BrN/c1-28(2)24-10-6-5-7-18(24)21-15-23-22(16-25(21)28)26(17-11-13-30-14-12-17)19-8-3-4-9-20(19)27(23)29/h3-16H,1-2H3. The number of aromatic nitrogens is 1. The average Bonchev–Trinajstić information content (AvgIpc) is 3.01. The summed E-state index contributed by atoms with van der Waals surface area (Å²) in [7, 11) is 0. The molecule has 0 saturated carbocycles. The molecule has 0 bridgehead atoms. The van der Waals surface area contributed by atoms with Gasteiger partial charge in [0.2, 0.25) is 0 Å². The van der Waals surface area contributed by atoms with Crippen molar-refractivity contribution in [2.24, 2.45) is 0 Å². The number of rotatable bonds is 1. The molecule has 0 fully saturated rings. The zero-order chi connectivity index (χ0) is 20.5. The van der Waals surface area contributed by atoms with Crippen molar-refractivity contribution in [1.29, 1.82) is 0 Å². The van der Waals surface area contributed by atoms with E-state index in [1.165, 1.54) is 54.9 Å². The first kappa shape index (κ1) is 17.9. The summed E-state index contributed by atoms with van der Waals surface area (Å²) in [4.78, 5) is 4.25. The summed E-state index contributed by atoms with van der Waals surface area (Å²) in [5.41, 5.74) is 7.96. The van der Waals surface area contributed by atoms with Gasteiger partial charge in [-0.15, -0.1) is 0 Å². The maximum absolute atomic E-state index is 4.25. The minimum absolute atomic E-state index is 0.0201. The molecule has 1 aliphatic carbocycles. The number of hydrogen-bond donors (Lipinski definition) is 0. The van der Waals surface area contributed by atoms with Crippen LogP contribution >= 0.6 is 15.9 Å². The van der Waals surface area contributed by atoms with Crippen LogP contribution in [0.5, 0.6) is 0 Å².